The molecule has 1 saturated carbocycles. The fraction of sp³-hybridized carbons (Fsp3) is 0.409. The molecule has 0 radical (unpaired) electrons. The molecule has 0 unspecified atom stereocenters. The van der Waals surface area contributed by atoms with Crippen LogP contribution in [0.1, 0.15) is 56.3 Å². The van der Waals surface area contributed by atoms with Gasteiger partial charge in [-0.05, 0) is 61.3 Å². The van der Waals surface area contributed by atoms with Crippen molar-refractivity contribution in [3.63, 3.8) is 0 Å². The Balaban J connectivity index is 1.58. The molecule has 152 valence electrons. The van der Waals surface area contributed by atoms with Crippen LogP contribution in [0.15, 0.2) is 48.8 Å². The molecule has 3 aromatic rings. The fourth-order valence-electron chi connectivity index (χ4n) is 3.97. The Morgan fingerprint density at radius 2 is 1.83 bits per heavy atom. The average molecular weight is 410 g/mol. The fourth-order valence-corrected chi connectivity index (χ4v) is 4.26. The van der Waals surface area contributed by atoms with Crippen molar-refractivity contribution in [1.29, 1.82) is 0 Å². The zero-order valence-electron chi connectivity index (χ0n) is 16.8. The van der Waals surface area contributed by atoms with Crippen LogP contribution >= 0.6 is 12.2 Å². The molecule has 2 aromatic heterocycles. The summed E-state index contributed by atoms with van der Waals surface area (Å²) in [7, 11) is 0. The maximum atomic E-state index is 12.6. The Labute approximate surface area is 176 Å². The van der Waals surface area contributed by atoms with E-state index in [4.69, 9.17) is 17.3 Å². The number of rotatable bonds is 6. The summed E-state index contributed by atoms with van der Waals surface area (Å²) in [6, 6.07) is 11.9. The first-order valence-electron chi connectivity index (χ1n) is 10.4. The number of aromatic nitrogens is 4. The average Bonchev–Trinajstić information content (AvgIpc) is 3.37. The van der Waals surface area contributed by atoms with Gasteiger partial charge in [0.25, 0.3) is 0 Å². The van der Waals surface area contributed by atoms with Crippen LogP contribution in [0.3, 0.4) is 0 Å². The molecule has 1 aliphatic carbocycles. The minimum absolute atomic E-state index is 0.0996. The maximum absolute atomic E-state index is 12.6. The quantitative estimate of drug-likeness (QED) is 0.596. The first kappa shape index (κ1) is 19.6. The monoisotopic (exact) mass is 409 g/mol. The Hall–Kier alpha value is -2.67. The third-order valence-electron chi connectivity index (χ3n) is 5.57. The number of hydrogen-bond acceptors (Lipinski definition) is 3. The van der Waals surface area contributed by atoms with E-state index >= 15 is 0 Å². The Morgan fingerprint density at radius 3 is 2.48 bits per heavy atom. The predicted octanol–water partition coefficient (Wildman–Crippen LogP) is 4.78. The van der Waals surface area contributed by atoms with Crippen LogP contribution in [-0.4, -0.2) is 25.0 Å². The van der Waals surface area contributed by atoms with Crippen molar-refractivity contribution in [3.8, 4) is 0 Å². The van der Waals surface area contributed by atoms with Gasteiger partial charge in [0, 0.05) is 24.0 Å². The van der Waals surface area contributed by atoms with Crippen molar-refractivity contribution in [1.82, 2.24) is 19.1 Å². The zero-order chi connectivity index (χ0) is 20.2. The minimum atomic E-state index is -0.127. The Morgan fingerprint density at radius 1 is 1.14 bits per heavy atom. The van der Waals surface area contributed by atoms with E-state index in [1.165, 1.54) is 24.8 Å². The Bertz CT molecular complexity index is 1010. The largest absolute Gasteiger partial charge is 0.324 e. The number of benzene rings is 1. The van der Waals surface area contributed by atoms with Crippen LogP contribution in [0.25, 0.3) is 0 Å². The molecule has 0 aliphatic heterocycles. The maximum Gasteiger partial charge on any atom is 0.246 e. The van der Waals surface area contributed by atoms with Crippen molar-refractivity contribution in [2.75, 3.05) is 5.32 Å². The second-order valence-electron chi connectivity index (χ2n) is 7.61. The van der Waals surface area contributed by atoms with Crippen molar-refractivity contribution >= 4 is 23.8 Å². The van der Waals surface area contributed by atoms with Gasteiger partial charge in [0.2, 0.25) is 10.7 Å². The standard InChI is InChI=1S/C22H27N5OS/c1-2-17-10-12-19(13-11-17)23-20(28)16-26-22(29)27(25-14-6-7-15-25)21(24-26)18-8-4-3-5-9-18/h6-7,10-15,18H,2-5,8-9,16H2,1H3,(H,23,28). The molecular formula is C22H27N5OS. The molecular weight excluding hydrogens is 382 g/mol. The third kappa shape index (κ3) is 4.34. The second kappa shape index (κ2) is 8.78. The lowest BCUT2D eigenvalue weighted by Crippen LogP contribution is -2.20. The van der Waals surface area contributed by atoms with Crippen LogP contribution in [0.5, 0.6) is 0 Å². The van der Waals surface area contributed by atoms with E-state index in [1.54, 1.807) is 4.68 Å². The summed E-state index contributed by atoms with van der Waals surface area (Å²) in [6.07, 6.45) is 10.8. The molecule has 4 rings (SSSR count). The molecule has 1 N–H and O–H groups in total. The summed E-state index contributed by atoms with van der Waals surface area (Å²) in [6.45, 7) is 2.21. The molecule has 7 heteroatoms. The van der Waals surface area contributed by atoms with Crippen LogP contribution in [0.4, 0.5) is 5.69 Å². The zero-order valence-corrected chi connectivity index (χ0v) is 17.6. The van der Waals surface area contributed by atoms with E-state index in [1.807, 2.05) is 58.1 Å². The highest BCUT2D eigenvalue weighted by Crippen LogP contribution is 2.32. The number of carbonyl (C=O) groups is 1. The normalized spacial score (nSPS) is 14.8. The van der Waals surface area contributed by atoms with E-state index in [-0.39, 0.29) is 12.5 Å². The van der Waals surface area contributed by atoms with Gasteiger partial charge < -0.3 is 5.32 Å². The molecule has 2 heterocycles. The molecule has 0 saturated heterocycles. The van der Waals surface area contributed by atoms with E-state index in [0.29, 0.717) is 10.7 Å². The number of nitrogens with one attached hydrogen (secondary N) is 1. The third-order valence-corrected chi connectivity index (χ3v) is 5.96. The first-order chi connectivity index (χ1) is 14.2. The van der Waals surface area contributed by atoms with Crippen LogP contribution in [-0.2, 0) is 17.8 Å². The molecule has 1 aliphatic rings. The summed E-state index contributed by atoms with van der Waals surface area (Å²) < 4.78 is 6.11. The lowest BCUT2D eigenvalue weighted by molar-refractivity contribution is -0.116. The molecule has 0 atom stereocenters. The van der Waals surface area contributed by atoms with Gasteiger partial charge in [-0.25, -0.2) is 9.36 Å². The predicted molar refractivity (Wildman–Crippen MR) is 117 cm³/mol. The molecule has 1 amide bonds. The van der Waals surface area contributed by atoms with Gasteiger partial charge in [-0.1, -0.05) is 38.3 Å². The van der Waals surface area contributed by atoms with Crippen LogP contribution in [0, 0.1) is 4.77 Å². The molecule has 0 bridgehead atoms. The van der Waals surface area contributed by atoms with E-state index in [2.05, 4.69) is 12.2 Å². The van der Waals surface area contributed by atoms with Gasteiger partial charge in [0.1, 0.15) is 6.54 Å². The molecule has 1 fully saturated rings. The van der Waals surface area contributed by atoms with Gasteiger partial charge in [-0.2, -0.15) is 5.10 Å². The lowest BCUT2D eigenvalue weighted by Gasteiger charge is -2.21. The Kier molecular flexibility index (Phi) is 5.94. The van der Waals surface area contributed by atoms with Crippen molar-refractivity contribution < 1.29 is 4.79 Å². The van der Waals surface area contributed by atoms with Crippen molar-refractivity contribution in [2.24, 2.45) is 0 Å². The highest BCUT2D eigenvalue weighted by atomic mass is 32.1. The summed E-state index contributed by atoms with van der Waals surface area (Å²) >= 11 is 5.71. The van der Waals surface area contributed by atoms with E-state index < -0.39 is 0 Å². The van der Waals surface area contributed by atoms with Crippen LogP contribution in [0.2, 0.25) is 0 Å². The number of amides is 1. The van der Waals surface area contributed by atoms with Crippen molar-refractivity contribution in [3.05, 3.63) is 65.0 Å². The van der Waals surface area contributed by atoms with E-state index in [0.717, 1.165) is 30.8 Å². The van der Waals surface area contributed by atoms with Gasteiger partial charge in [-0.15, -0.1) is 0 Å². The summed E-state index contributed by atoms with van der Waals surface area (Å²) in [5.74, 6) is 1.20. The van der Waals surface area contributed by atoms with Crippen LogP contribution < -0.4 is 5.32 Å². The number of hydrogen-bond donors (Lipinski definition) is 1. The summed E-state index contributed by atoms with van der Waals surface area (Å²) in [5, 5.41) is 7.74. The number of aryl methyl sites for hydroxylation is 1. The minimum Gasteiger partial charge on any atom is -0.324 e. The highest BCUT2D eigenvalue weighted by Gasteiger charge is 2.24. The summed E-state index contributed by atoms with van der Waals surface area (Å²) in [5.41, 5.74) is 2.03. The smallest absolute Gasteiger partial charge is 0.246 e. The van der Waals surface area contributed by atoms with Gasteiger partial charge in [0.05, 0.1) is 0 Å². The van der Waals surface area contributed by atoms with Gasteiger partial charge in [-0.3, -0.25) is 9.47 Å². The van der Waals surface area contributed by atoms with E-state index in [9.17, 15) is 4.79 Å². The summed E-state index contributed by atoms with van der Waals surface area (Å²) in [4.78, 5) is 12.6. The number of carbonyl (C=O) groups excluding carboxylic acids is 1. The van der Waals surface area contributed by atoms with Gasteiger partial charge in [0.15, 0.2) is 5.82 Å². The molecule has 6 nitrogen and oxygen atoms in total. The molecule has 1 aromatic carbocycles. The van der Waals surface area contributed by atoms with Crippen molar-refractivity contribution in [2.45, 2.75) is 57.9 Å². The molecule has 0 spiro atoms. The highest BCUT2D eigenvalue weighted by molar-refractivity contribution is 7.71. The first-order valence-corrected chi connectivity index (χ1v) is 10.8. The molecule has 29 heavy (non-hydrogen) atoms. The van der Waals surface area contributed by atoms with Gasteiger partial charge >= 0.3 is 0 Å². The SMILES string of the molecule is CCc1ccc(NC(=O)Cn2nc(C3CCCCC3)n(-n3cccc3)c2=S)cc1. The number of anilines is 1. The second-order valence-corrected chi connectivity index (χ2v) is 7.97. The topological polar surface area (TPSA) is 56.8 Å². The number of nitrogens with zero attached hydrogens (tertiary/aromatic N) is 4. The lowest BCUT2D eigenvalue weighted by atomic mass is 9.89.